The van der Waals surface area contributed by atoms with Gasteiger partial charge in [-0.1, -0.05) is 45.1 Å². The van der Waals surface area contributed by atoms with Crippen molar-refractivity contribution in [2.75, 3.05) is 5.75 Å². The zero-order valence-corrected chi connectivity index (χ0v) is 11.8. The number of sulfone groups is 1. The van der Waals surface area contributed by atoms with Crippen molar-refractivity contribution in [1.82, 2.24) is 5.32 Å². The number of nitrogens with one attached hydrogen (secondary N) is 1. The third-order valence-electron chi connectivity index (χ3n) is 3.17. The molecule has 1 rings (SSSR count). The van der Waals surface area contributed by atoms with Gasteiger partial charge in [0.25, 0.3) is 0 Å². The lowest BCUT2D eigenvalue weighted by Gasteiger charge is -2.17. The molecular formula is C13H25NO2S. The minimum Gasteiger partial charge on any atom is -0.307 e. The van der Waals surface area contributed by atoms with E-state index in [0.717, 1.165) is 6.42 Å². The number of unbranched alkanes of at least 4 members (excludes halogenated alkanes) is 4. The molecule has 0 fully saturated rings. The molecule has 2 unspecified atom stereocenters. The molecule has 17 heavy (non-hydrogen) atoms. The second kappa shape index (κ2) is 7.17. The molecule has 0 spiro atoms. The van der Waals surface area contributed by atoms with Crippen LogP contribution in [0, 0.1) is 0 Å². The second-order valence-corrected chi connectivity index (χ2v) is 6.97. The van der Waals surface area contributed by atoms with E-state index in [0.29, 0.717) is 6.04 Å². The van der Waals surface area contributed by atoms with Crippen molar-refractivity contribution in [2.45, 2.75) is 64.5 Å². The van der Waals surface area contributed by atoms with Crippen LogP contribution in [0.5, 0.6) is 0 Å². The summed E-state index contributed by atoms with van der Waals surface area (Å²) in [7, 11) is -2.92. The highest BCUT2D eigenvalue weighted by Gasteiger charge is 2.22. The summed E-state index contributed by atoms with van der Waals surface area (Å²) in [6.45, 7) is 4.36. The lowest BCUT2D eigenvalue weighted by atomic mass is 10.1. The highest BCUT2D eigenvalue weighted by Crippen LogP contribution is 2.11. The van der Waals surface area contributed by atoms with Crippen LogP contribution in [0.25, 0.3) is 0 Å². The largest absolute Gasteiger partial charge is 0.307 e. The van der Waals surface area contributed by atoms with Crippen LogP contribution in [0.4, 0.5) is 0 Å². The van der Waals surface area contributed by atoms with Gasteiger partial charge in [0.1, 0.15) is 0 Å². The summed E-state index contributed by atoms with van der Waals surface area (Å²) in [5, 5.41) is 4.69. The summed E-state index contributed by atoms with van der Waals surface area (Å²) in [4.78, 5) is 0. The molecule has 3 nitrogen and oxygen atoms in total. The van der Waals surface area contributed by atoms with Crippen LogP contribution in [-0.4, -0.2) is 26.3 Å². The Balaban J connectivity index is 2.10. The average molecular weight is 259 g/mol. The van der Waals surface area contributed by atoms with Crippen LogP contribution in [-0.2, 0) is 9.84 Å². The maximum Gasteiger partial charge on any atom is 0.173 e. The van der Waals surface area contributed by atoms with Crippen molar-refractivity contribution >= 4 is 9.84 Å². The van der Waals surface area contributed by atoms with E-state index in [-0.39, 0.29) is 11.8 Å². The van der Waals surface area contributed by atoms with Crippen LogP contribution in [0.15, 0.2) is 11.5 Å². The molecule has 0 bridgehead atoms. The molecule has 0 aromatic rings. The van der Waals surface area contributed by atoms with Crippen LogP contribution in [0.2, 0.25) is 0 Å². The van der Waals surface area contributed by atoms with Gasteiger partial charge in [-0.2, -0.15) is 0 Å². The summed E-state index contributed by atoms with van der Waals surface area (Å²) in [6.07, 6.45) is 9.35. The summed E-state index contributed by atoms with van der Waals surface area (Å²) >= 11 is 0. The Hall–Kier alpha value is -0.350. The molecule has 1 aliphatic rings. The third-order valence-corrected chi connectivity index (χ3v) is 4.56. The Morgan fingerprint density at radius 2 is 2.00 bits per heavy atom. The topological polar surface area (TPSA) is 46.2 Å². The van der Waals surface area contributed by atoms with Crippen LogP contribution >= 0.6 is 0 Å². The van der Waals surface area contributed by atoms with Gasteiger partial charge in [-0.15, -0.1) is 0 Å². The quantitative estimate of drug-likeness (QED) is 0.682. The maximum atomic E-state index is 11.2. The molecule has 4 heteroatoms. The number of hydrogen-bond donors (Lipinski definition) is 1. The van der Waals surface area contributed by atoms with E-state index in [1.165, 1.54) is 37.5 Å². The van der Waals surface area contributed by atoms with Crippen LogP contribution in [0.3, 0.4) is 0 Å². The Kier molecular flexibility index (Phi) is 6.20. The van der Waals surface area contributed by atoms with Gasteiger partial charge in [-0.25, -0.2) is 8.42 Å². The first-order chi connectivity index (χ1) is 8.03. The Bertz CT molecular complexity index is 335. The van der Waals surface area contributed by atoms with Crippen LogP contribution < -0.4 is 5.32 Å². The summed E-state index contributed by atoms with van der Waals surface area (Å²) < 4.78 is 22.5. The van der Waals surface area contributed by atoms with Gasteiger partial charge >= 0.3 is 0 Å². The van der Waals surface area contributed by atoms with E-state index >= 15 is 0 Å². The molecule has 2 atom stereocenters. The van der Waals surface area contributed by atoms with Crippen molar-refractivity contribution in [3.05, 3.63) is 11.5 Å². The van der Waals surface area contributed by atoms with Crippen LogP contribution in [0.1, 0.15) is 52.4 Å². The molecule has 100 valence electrons. The van der Waals surface area contributed by atoms with Gasteiger partial charge < -0.3 is 5.32 Å². The molecule has 1 heterocycles. The van der Waals surface area contributed by atoms with E-state index in [9.17, 15) is 8.42 Å². The minimum atomic E-state index is -2.92. The fraction of sp³-hybridized carbons (Fsp3) is 0.846. The smallest absolute Gasteiger partial charge is 0.173 e. The zero-order valence-electron chi connectivity index (χ0n) is 11.0. The summed E-state index contributed by atoms with van der Waals surface area (Å²) in [5.41, 5.74) is 0. The van der Waals surface area contributed by atoms with Gasteiger partial charge in [0.05, 0.1) is 5.75 Å². The van der Waals surface area contributed by atoms with Crippen molar-refractivity contribution in [3.8, 4) is 0 Å². The second-order valence-electron chi connectivity index (χ2n) is 5.04. The molecule has 0 saturated carbocycles. The van der Waals surface area contributed by atoms with E-state index in [2.05, 4.69) is 19.2 Å². The molecule has 0 saturated heterocycles. The molecule has 0 aromatic heterocycles. The predicted molar refractivity (Wildman–Crippen MR) is 72.7 cm³/mol. The maximum absolute atomic E-state index is 11.2. The summed E-state index contributed by atoms with van der Waals surface area (Å²) in [6, 6.07) is 0.421. The Morgan fingerprint density at radius 1 is 1.29 bits per heavy atom. The Morgan fingerprint density at radius 3 is 2.59 bits per heavy atom. The van der Waals surface area contributed by atoms with Gasteiger partial charge in [0.2, 0.25) is 0 Å². The SMILES string of the molecule is CCCCCCCC(C)NC1C=CS(=O)(=O)C1. The molecule has 0 radical (unpaired) electrons. The lowest BCUT2D eigenvalue weighted by Crippen LogP contribution is -2.37. The van der Waals surface area contributed by atoms with E-state index in [4.69, 9.17) is 0 Å². The first-order valence-electron chi connectivity index (χ1n) is 6.70. The minimum absolute atomic E-state index is 0.0191. The zero-order chi connectivity index (χ0) is 12.7. The predicted octanol–water partition coefficient (Wildman–Crippen LogP) is 2.64. The first kappa shape index (κ1) is 14.7. The summed E-state index contributed by atoms with van der Waals surface area (Å²) in [5.74, 6) is 0.229. The molecule has 1 N–H and O–H groups in total. The standard InChI is InChI=1S/C13H25NO2S/c1-3-4-5-6-7-8-12(2)14-13-9-10-17(15,16)11-13/h9-10,12-14H,3-8,11H2,1-2H3. The molecule has 0 aromatic carbocycles. The highest BCUT2D eigenvalue weighted by atomic mass is 32.2. The van der Waals surface area contributed by atoms with E-state index < -0.39 is 9.84 Å². The molecular weight excluding hydrogens is 234 g/mol. The molecule has 0 aliphatic carbocycles. The van der Waals surface area contributed by atoms with Crippen molar-refractivity contribution in [1.29, 1.82) is 0 Å². The lowest BCUT2D eigenvalue weighted by molar-refractivity contribution is 0.463. The molecule has 0 amide bonds. The first-order valence-corrected chi connectivity index (χ1v) is 8.42. The number of hydrogen-bond acceptors (Lipinski definition) is 3. The fourth-order valence-electron chi connectivity index (χ4n) is 2.18. The van der Waals surface area contributed by atoms with Gasteiger partial charge in [-0.3, -0.25) is 0 Å². The normalized spacial score (nSPS) is 24.0. The third kappa shape index (κ3) is 6.22. The van der Waals surface area contributed by atoms with Gasteiger partial charge in [-0.05, 0) is 13.3 Å². The van der Waals surface area contributed by atoms with Gasteiger partial charge in [0, 0.05) is 17.5 Å². The molecule has 1 aliphatic heterocycles. The van der Waals surface area contributed by atoms with Crippen molar-refractivity contribution < 1.29 is 8.42 Å². The average Bonchev–Trinajstić information content (AvgIpc) is 2.57. The van der Waals surface area contributed by atoms with E-state index in [1.807, 2.05) is 0 Å². The number of rotatable bonds is 8. The van der Waals surface area contributed by atoms with Crippen molar-refractivity contribution in [3.63, 3.8) is 0 Å². The van der Waals surface area contributed by atoms with Crippen molar-refractivity contribution in [2.24, 2.45) is 0 Å². The van der Waals surface area contributed by atoms with E-state index in [1.54, 1.807) is 6.08 Å². The Labute approximate surface area is 106 Å². The van der Waals surface area contributed by atoms with Gasteiger partial charge in [0.15, 0.2) is 9.84 Å². The highest BCUT2D eigenvalue weighted by molar-refractivity contribution is 7.94. The monoisotopic (exact) mass is 259 g/mol. The fourth-order valence-corrected chi connectivity index (χ4v) is 3.43.